The molecule has 4 nitrogen and oxygen atoms in total. The van der Waals surface area contributed by atoms with Gasteiger partial charge in [0.15, 0.2) is 9.84 Å². The standard InChI is InChI=1S/C16H23NO3S/c1-12-5-6-15(10-13(12)2)16(18)17-8-3-4-14-7-9-21(19,20)11-14/h5-6,10,14H,3-4,7-9,11H2,1-2H3,(H,17,18). The highest BCUT2D eigenvalue weighted by molar-refractivity contribution is 7.91. The smallest absolute Gasteiger partial charge is 0.251 e. The number of rotatable bonds is 5. The number of nitrogens with one attached hydrogen (secondary N) is 1. The fraction of sp³-hybridized carbons (Fsp3) is 0.562. The van der Waals surface area contributed by atoms with Crippen LogP contribution in [0.25, 0.3) is 0 Å². The summed E-state index contributed by atoms with van der Waals surface area (Å²) in [5.74, 6) is 0.857. The van der Waals surface area contributed by atoms with Gasteiger partial charge in [-0.3, -0.25) is 4.79 Å². The van der Waals surface area contributed by atoms with Crippen molar-refractivity contribution in [1.29, 1.82) is 0 Å². The zero-order chi connectivity index (χ0) is 15.5. The Morgan fingerprint density at radius 1 is 1.29 bits per heavy atom. The molecule has 2 rings (SSSR count). The molecule has 0 saturated carbocycles. The highest BCUT2D eigenvalue weighted by Gasteiger charge is 2.27. The average molecular weight is 309 g/mol. The summed E-state index contributed by atoms with van der Waals surface area (Å²) in [6.07, 6.45) is 2.47. The van der Waals surface area contributed by atoms with Crippen molar-refractivity contribution in [3.8, 4) is 0 Å². The Kier molecular flexibility index (Phi) is 5.04. The third kappa shape index (κ3) is 4.56. The van der Waals surface area contributed by atoms with Gasteiger partial charge in [0.25, 0.3) is 5.91 Å². The summed E-state index contributed by atoms with van der Waals surface area (Å²) in [5, 5.41) is 2.90. The molecule has 0 spiro atoms. The van der Waals surface area contributed by atoms with Gasteiger partial charge in [0.2, 0.25) is 0 Å². The molecule has 1 aliphatic rings. The monoisotopic (exact) mass is 309 g/mol. The van der Waals surface area contributed by atoms with Gasteiger partial charge in [-0.15, -0.1) is 0 Å². The zero-order valence-corrected chi connectivity index (χ0v) is 13.5. The number of sulfone groups is 1. The Bertz CT molecular complexity index is 622. The Balaban J connectivity index is 1.73. The van der Waals surface area contributed by atoms with Crippen LogP contribution in [-0.4, -0.2) is 32.4 Å². The molecule has 1 N–H and O–H groups in total. The summed E-state index contributed by atoms with van der Waals surface area (Å²) >= 11 is 0. The van der Waals surface area contributed by atoms with Crippen molar-refractivity contribution in [1.82, 2.24) is 5.32 Å². The van der Waals surface area contributed by atoms with Gasteiger partial charge in [0.1, 0.15) is 0 Å². The maximum atomic E-state index is 12.0. The van der Waals surface area contributed by atoms with E-state index in [0.717, 1.165) is 24.8 Å². The van der Waals surface area contributed by atoms with E-state index < -0.39 is 9.84 Å². The largest absolute Gasteiger partial charge is 0.352 e. The second-order valence-electron chi connectivity index (χ2n) is 5.97. The van der Waals surface area contributed by atoms with E-state index in [9.17, 15) is 13.2 Å². The molecule has 0 aromatic heterocycles. The lowest BCUT2D eigenvalue weighted by atomic mass is 10.0. The summed E-state index contributed by atoms with van der Waals surface area (Å²) in [5.41, 5.74) is 2.97. The van der Waals surface area contributed by atoms with Crippen LogP contribution in [0.3, 0.4) is 0 Å². The Morgan fingerprint density at radius 2 is 2.05 bits per heavy atom. The summed E-state index contributed by atoms with van der Waals surface area (Å²) in [4.78, 5) is 12.0. The molecule has 116 valence electrons. The molecule has 1 aliphatic heterocycles. The van der Waals surface area contributed by atoms with Crippen LogP contribution in [0.5, 0.6) is 0 Å². The first-order valence-electron chi connectivity index (χ1n) is 7.43. The minimum absolute atomic E-state index is 0.0582. The van der Waals surface area contributed by atoms with Gasteiger partial charge < -0.3 is 5.32 Å². The fourth-order valence-electron chi connectivity index (χ4n) is 2.68. The van der Waals surface area contributed by atoms with E-state index in [1.54, 1.807) is 0 Å². The van der Waals surface area contributed by atoms with E-state index in [-0.39, 0.29) is 11.8 Å². The third-order valence-electron chi connectivity index (χ3n) is 4.17. The molecule has 1 aromatic rings. The van der Waals surface area contributed by atoms with Crippen molar-refractivity contribution in [2.75, 3.05) is 18.1 Å². The van der Waals surface area contributed by atoms with Crippen molar-refractivity contribution in [3.05, 3.63) is 34.9 Å². The zero-order valence-electron chi connectivity index (χ0n) is 12.7. The number of benzene rings is 1. The Morgan fingerprint density at radius 3 is 2.67 bits per heavy atom. The second-order valence-corrected chi connectivity index (χ2v) is 8.19. The minimum Gasteiger partial charge on any atom is -0.352 e. The van der Waals surface area contributed by atoms with E-state index in [0.29, 0.717) is 23.6 Å². The molecular weight excluding hydrogens is 286 g/mol. The van der Waals surface area contributed by atoms with Crippen molar-refractivity contribution >= 4 is 15.7 Å². The number of amides is 1. The van der Waals surface area contributed by atoms with Gasteiger partial charge in [0.05, 0.1) is 11.5 Å². The lowest BCUT2D eigenvalue weighted by molar-refractivity contribution is 0.0952. The van der Waals surface area contributed by atoms with Crippen molar-refractivity contribution in [3.63, 3.8) is 0 Å². The molecule has 5 heteroatoms. The van der Waals surface area contributed by atoms with Crippen LogP contribution in [-0.2, 0) is 9.84 Å². The van der Waals surface area contributed by atoms with Crippen LogP contribution < -0.4 is 5.32 Å². The normalized spacial score (nSPS) is 20.4. The second kappa shape index (κ2) is 6.60. The number of hydrogen-bond donors (Lipinski definition) is 1. The predicted octanol–water partition coefficient (Wildman–Crippen LogP) is 2.25. The van der Waals surface area contributed by atoms with Crippen LogP contribution in [0.15, 0.2) is 18.2 Å². The average Bonchev–Trinajstić information content (AvgIpc) is 2.77. The molecule has 0 radical (unpaired) electrons. The van der Waals surface area contributed by atoms with Crippen LogP contribution in [0.4, 0.5) is 0 Å². The molecule has 0 bridgehead atoms. The summed E-state index contributed by atoms with van der Waals surface area (Å²) in [7, 11) is -2.79. The first-order valence-corrected chi connectivity index (χ1v) is 9.25. The molecular formula is C16H23NO3S. The predicted molar refractivity (Wildman–Crippen MR) is 84.2 cm³/mol. The van der Waals surface area contributed by atoms with Crippen LogP contribution in [0.2, 0.25) is 0 Å². The highest BCUT2D eigenvalue weighted by atomic mass is 32.2. The number of hydrogen-bond acceptors (Lipinski definition) is 3. The topological polar surface area (TPSA) is 63.2 Å². The number of carbonyl (C=O) groups excluding carboxylic acids is 1. The number of aryl methyl sites for hydroxylation is 2. The van der Waals surface area contributed by atoms with E-state index in [4.69, 9.17) is 0 Å². The Hall–Kier alpha value is -1.36. The molecule has 0 aliphatic carbocycles. The van der Waals surface area contributed by atoms with Gasteiger partial charge in [-0.2, -0.15) is 0 Å². The molecule has 1 unspecified atom stereocenters. The maximum Gasteiger partial charge on any atom is 0.251 e. The Labute approximate surface area is 126 Å². The van der Waals surface area contributed by atoms with Gasteiger partial charge in [0, 0.05) is 12.1 Å². The molecule has 1 atom stereocenters. The fourth-order valence-corrected chi connectivity index (χ4v) is 4.59. The third-order valence-corrected chi connectivity index (χ3v) is 6.01. The molecule has 1 amide bonds. The van der Waals surface area contributed by atoms with Crippen LogP contribution in [0.1, 0.15) is 40.7 Å². The summed E-state index contributed by atoms with van der Waals surface area (Å²) < 4.78 is 22.7. The van der Waals surface area contributed by atoms with Gasteiger partial charge in [-0.05, 0) is 62.3 Å². The molecule has 21 heavy (non-hydrogen) atoms. The summed E-state index contributed by atoms with van der Waals surface area (Å²) in [6.45, 7) is 4.61. The van der Waals surface area contributed by atoms with Gasteiger partial charge in [-0.1, -0.05) is 6.07 Å². The molecule has 1 aromatic carbocycles. The minimum atomic E-state index is -2.79. The first-order chi connectivity index (χ1) is 9.87. The van der Waals surface area contributed by atoms with E-state index >= 15 is 0 Å². The van der Waals surface area contributed by atoms with E-state index in [2.05, 4.69) is 5.32 Å². The SMILES string of the molecule is Cc1ccc(C(=O)NCCCC2CCS(=O)(=O)C2)cc1C. The molecule has 1 fully saturated rings. The van der Waals surface area contributed by atoms with Gasteiger partial charge >= 0.3 is 0 Å². The molecule has 1 saturated heterocycles. The van der Waals surface area contributed by atoms with E-state index in [1.807, 2.05) is 32.0 Å². The van der Waals surface area contributed by atoms with Crippen LogP contribution in [0, 0.1) is 19.8 Å². The number of carbonyl (C=O) groups is 1. The maximum absolute atomic E-state index is 12.0. The molecule has 1 heterocycles. The van der Waals surface area contributed by atoms with Crippen molar-refractivity contribution in [2.45, 2.75) is 33.1 Å². The quantitative estimate of drug-likeness (QED) is 0.849. The van der Waals surface area contributed by atoms with Crippen molar-refractivity contribution < 1.29 is 13.2 Å². The van der Waals surface area contributed by atoms with Crippen LogP contribution >= 0.6 is 0 Å². The first kappa shape index (κ1) is 16.0. The van der Waals surface area contributed by atoms with E-state index in [1.165, 1.54) is 5.56 Å². The summed E-state index contributed by atoms with van der Waals surface area (Å²) in [6, 6.07) is 5.68. The lowest BCUT2D eigenvalue weighted by Gasteiger charge is -2.09. The van der Waals surface area contributed by atoms with Crippen molar-refractivity contribution in [2.24, 2.45) is 5.92 Å². The lowest BCUT2D eigenvalue weighted by Crippen LogP contribution is -2.25. The highest BCUT2D eigenvalue weighted by Crippen LogP contribution is 2.22. The van der Waals surface area contributed by atoms with Gasteiger partial charge in [-0.25, -0.2) is 8.42 Å².